The van der Waals surface area contributed by atoms with E-state index >= 15 is 0 Å². The van der Waals surface area contributed by atoms with Crippen molar-refractivity contribution in [2.45, 2.75) is 12.1 Å². The number of carbonyl (C=O) groups is 2. The SMILES string of the molecule is CN(C)C(C(=O)N1CCNC(=O)C1c1ccc(F)cc1)c1ccccc1. The number of nitrogens with zero attached hydrogens (tertiary/aromatic N) is 2. The molecular formula is C20H22FN3O2. The number of hydrogen-bond donors (Lipinski definition) is 1. The second-order valence-corrected chi connectivity index (χ2v) is 6.55. The van der Waals surface area contributed by atoms with Crippen molar-refractivity contribution < 1.29 is 14.0 Å². The molecule has 1 heterocycles. The van der Waals surface area contributed by atoms with Gasteiger partial charge in [0, 0.05) is 13.1 Å². The summed E-state index contributed by atoms with van der Waals surface area (Å²) in [5, 5.41) is 2.80. The van der Waals surface area contributed by atoms with Crippen LogP contribution in [0.2, 0.25) is 0 Å². The standard InChI is InChI=1S/C20H22FN3O2/c1-23(2)18(14-6-4-3-5-7-14)20(26)24-13-12-22-19(25)17(24)15-8-10-16(21)11-9-15/h3-11,17-18H,12-13H2,1-2H3,(H,22,25). The molecular weight excluding hydrogens is 333 g/mol. The van der Waals surface area contributed by atoms with Gasteiger partial charge in [-0.1, -0.05) is 42.5 Å². The Kier molecular flexibility index (Phi) is 5.32. The molecule has 3 rings (SSSR count). The van der Waals surface area contributed by atoms with Crippen molar-refractivity contribution in [3.63, 3.8) is 0 Å². The Labute approximate surface area is 152 Å². The highest BCUT2D eigenvalue weighted by molar-refractivity contribution is 5.92. The van der Waals surface area contributed by atoms with Crippen molar-refractivity contribution in [1.29, 1.82) is 0 Å². The number of likely N-dealkylation sites (N-methyl/N-ethyl adjacent to an activating group) is 1. The van der Waals surface area contributed by atoms with Crippen molar-refractivity contribution >= 4 is 11.8 Å². The average molecular weight is 355 g/mol. The Morgan fingerprint density at radius 2 is 1.81 bits per heavy atom. The number of piperazine rings is 1. The summed E-state index contributed by atoms with van der Waals surface area (Å²) in [6.07, 6.45) is 0. The summed E-state index contributed by atoms with van der Waals surface area (Å²) in [4.78, 5) is 29.3. The Morgan fingerprint density at radius 1 is 1.15 bits per heavy atom. The Hall–Kier alpha value is -2.73. The first kappa shape index (κ1) is 18.1. The van der Waals surface area contributed by atoms with Crippen LogP contribution >= 0.6 is 0 Å². The van der Waals surface area contributed by atoms with E-state index in [2.05, 4.69) is 5.32 Å². The van der Waals surface area contributed by atoms with Gasteiger partial charge in [0.25, 0.3) is 0 Å². The van der Waals surface area contributed by atoms with Gasteiger partial charge in [-0.25, -0.2) is 4.39 Å². The van der Waals surface area contributed by atoms with Crippen LogP contribution in [-0.2, 0) is 9.59 Å². The minimum atomic E-state index is -0.761. The summed E-state index contributed by atoms with van der Waals surface area (Å²) in [6.45, 7) is 0.807. The molecule has 1 aliphatic heterocycles. The molecule has 1 N–H and O–H groups in total. The van der Waals surface area contributed by atoms with Gasteiger partial charge in [-0.15, -0.1) is 0 Å². The topological polar surface area (TPSA) is 52.7 Å². The third kappa shape index (κ3) is 3.60. The van der Waals surface area contributed by atoms with Crippen LogP contribution in [-0.4, -0.2) is 48.8 Å². The molecule has 0 spiro atoms. The van der Waals surface area contributed by atoms with Crippen molar-refractivity contribution in [3.05, 3.63) is 71.5 Å². The molecule has 2 atom stereocenters. The second kappa shape index (κ2) is 7.66. The van der Waals surface area contributed by atoms with E-state index in [9.17, 15) is 14.0 Å². The van der Waals surface area contributed by atoms with Gasteiger partial charge in [-0.05, 0) is 37.4 Å². The maximum atomic E-state index is 13.4. The van der Waals surface area contributed by atoms with Gasteiger partial charge >= 0.3 is 0 Å². The van der Waals surface area contributed by atoms with E-state index in [4.69, 9.17) is 0 Å². The number of amides is 2. The van der Waals surface area contributed by atoms with Crippen molar-refractivity contribution in [2.24, 2.45) is 0 Å². The van der Waals surface area contributed by atoms with Gasteiger partial charge in [0.1, 0.15) is 17.9 Å². The number of halogens is 1. The summed E-state index contributed by atoms with van der Waals surface area (Å²) in [5.74, 6) is -0.773. The van der Waals surface area contributed by atoms with Crippen LogP contribution in [0.4, 0.5) is 4.39 Å². The first-order chi connectivity index (χ1) is 12.5. The molecule has 0 radical (unpaired) electrons. The minimum absolute atomic E-state index is 0.148. The largest absolute Gasteiger partial charge is 0.352 e. The van der Waals surface area contributed by atoms with Crippen LogP contribution in [0, 0.1) is 5.82 Å². The van der Waals surface area contributed by atoms with Crippen LogP contribution in [0.5, 0.6) is 0 Å². The van der Waals surface area contributed by atoms with E-state index in [1.165, 1.54) is 12.1 Å². The van der Waals surface area contributed by atoms with Gasteiger partial charge in [0.05, 0.1) is 0 Å². The predicted molar refractivity (Wildman–Crippen MR) is 96.7 cm³/mol. The summed E-state index contributed by atoms with van der Waals surface area (Å²) in [6, 6.07) is 13.9. The summed E-state index contributed by atoms with van der Waals surface area (Å²) >= 11 is 0. The number of hydrogen-bond acceptors (Lipinski definition) is 3. The molecule has 1 aliphatic rings. The fraction of sp³-hybridized carbons (Fsp3) is 0.300. The predicted octanol–water partition coefficient (Wildman–Crippen LogP) is 2.13. The number of carbonyl (C=O) groups excluding carboxylic acids is 2. The highest BCUT2D eigenvalue weighted by atomic mass is 19.1. The minimum Gasteiger partial charge on any atom is -0.352 e. The molecule has 26 heavy (non-hydrogen) atoms. The Balaban J connectivity index is 1.96. The molecule has 1 saturated heterocycles. The van der Waals surface area contributed by atoms with E-state index < -0.39 is 12.1 Å². The smallest absolute Gasteiger partial charge is 0.247 e. The summed E-state index contributed by atoms with van der Waals surface area (Å²) in [5.41, 5.74) is 1.47. The zero-order valence-corrected chi connectivity index (χ0v) is 14.9. The van der Waals surface area contributed by atoms with Gasteiger partial charge in [-0.2, -0.15) is 0 Å². The quantitative estimate of drug-likeness (QED) is 0.914. The average Bonchev–Trinajstić information content (AvgIpc) is 2.63. The lowest BCUT2D eigenvalue weighted by Gasteiger charge is -2.38. The van der Waals surface area contributed by atoms with E-state index in [0.717, 1.165) is 5.56 Å². The molecule has 0 bridgehead atoms. The lowest BCUT2D eigenvalue weighted by atomic mass is 9.98. The maximum absolute atomic E-state index is 13.4. The monoisotopic (exact) mass is 355 g/mol. The molecule has 0 saturated carbocycles. The molecule has 0 aliphatic carbocycles. The Morgan fingerprint density at radius 3 is 2.42 bits per heavy atom. The fourth-order valence-electron chi connectivity index (χ4n) is 3.33. The number of benzene rings is 2. The zero-order chi connectivity index (χ0) is 18.7. The molecule has 0 aromatic heterocycles. The molecule has 2 aromatic carbocycles. The van der Waals surface area contributed by atoms with Crippen LogP contribution in [0.15, 0.2) is 54.6 Å². The zero-order valence-electron chi connectivity index (χ0n) is 14.9. The van der Waals surface area contributed by atoms with Crippen LogP contribution in [0.3, 0.4) is 0 Å². The third-order valence-electron chi connectivity index (χ3n) is 4.55. The highest BCUT2D eigenvalue weighted by Crippen LogP contribution is 2.29. The lowest BCUT2D eigenvalue weighted by Crippen LogP contribution is -2.54. The van der Waals surface area contributed by atoms with E-state index in [1.807, 2.05) is 49.3 Å². The molecule has 2 aromatic rings. The summed E-state index contributed by atoms with van der Waals surface area (Å²) < 4.78 is 13.3. The highest BCUT2D eigenvalue weighted by Gasteiger charge is 2.38. The van der Waals surface area contributed by atoms with E-state index in [0.29, 0.717) is 18.7 Å². The van der Waals surface area contributed by atoms with Crippen molar-refractivity contribution in [1.82, 2.24) is 15.1 Å². The van der Waals surface area contributed by atoms with Crippen LogP contribution in [0.1, 0.15) is 23.2 Å². The maximum Gasteiger partial charge on any atom is 0.247 e. The van der Waals surface area contributed by atoms with E-state index in [1.54, 1.807) is 17.0 Å². The first-order valence-electron chi connectivity index (χ1n) is 8.54. The lowest BCUT2D eigenvalue weighted by molar-refractivity contribution is -0.147. The van der Waals surface area contributed by atoms with Gasteiger partial charge in [0.2, 0.25) is 11.8 Å². The summed E-state index contributed by atoms with van der Waals surface area (Å²) in [7, 11) is 3.68. The number of nitrogens with one attached hydrogen (secondary N) is 1. The molecule has 6 heteroatoms. The van der Waals surface area contributed by atoms with Gasteiger partial charge in [0.15, 0.2) is 0 Å². The molecule has 2 amide bonds. The molecule has 2 unspecified atom stereocenters. The fourth-order valence-corrected chi connectivity index (χ4v) is 3.33. The van der Waals surface area contributed by atoms with Crippen molar-refractivity contribution in [2.75, 3.05) is 27.2 Å². The Bertz CT molecular complexity index is 777. The second-order valence-electron chi connectivity index (χ2n) is 6.55. The van der Waals surface area contributed by atoms with E-state index in [-0.39, 0.29) is 17.6 Å². The van der Waals surface area contributed by atoms with Gasteiger partial charge in [-0.3, -0.25) is 14.5 Å². The van der Waals surface area contributed by atoms with Crippen LogP contribution in [0.25, 0.3) is 0 Å². The van der Waals surface area contributed by atoms with Crippen molar-refractivity contribution in [3.8, 4) is 0 Å². The van der Waals surface area contributed by atoms with Gasteiger partial charge < -0.3 is 10.2 Å². The normalized spacial score (nSPS) is 18.5. The first-order valence-corrected chi connectivity index (χ1v) is 8.54. The number of rotatable bonds is 4. The third-order valence-corrected chi connectivity index (χ3v) is 4.55. The molecule has 1 fully saturated rings. The molecule has 5 nitrogen and oxygen atoms in total. The van der Waals surface area contributed by atoms with Crippen LogP contribution < -0.4 is 5.32 Å². The molecule has 136 valence electrons.